The summed E-state index contributed by atoms with van der Waals surface area (Å²) in [5.74, 6) is -0.652. The Kier molecular flexibility index (Phi) is 5.97. The Morgan fingerprint density at radius 2 is 2.15 bits per heavy atom. The van der Waals surface area contributed by atoms with E-state index >= 15 is 0 Å². The van der Waals surface area contributed by atoms with Crippen molar-refractivity contribution >= 4 is 24.3 Å². The highest BCUT2D eigenvalue weighted by molar-refractivity contribution is 5.87. The standard InChI is InChI=1S/C12H18N4O3.ClH/c1-19-10(17)9-14-11(18)12(3-6-13-7-4-12)16-8-2-5-15-16;/h2,5,8,13H,3-4,6-7,9H2,1H3,(H,14,18);1H. The van der Waals surface area contributed by atoms with Gasteiger partial charge in [0.2, 0.25) is 5.91 Å². The number of nitrogens with one attached hydrogen (secondary N) is 2. The number of carbonyl (C=O) groups is 2. The van der Waals surface area contributed by atoms with Crippen molar-refractivity contribution in [2.45, 2.75) is 18.4 Å². The molecule has 0 spiro atoms. The molecule has 7 nitrogen and oxygen atoms in total. The lowest BCUT2D eigenvalue weighted by atomic mass is 9.87. The van der Waals surface area contributed by atoms with Crippen LogP contribution in [0.2, 0.25) is 0 Å². The van der Waals surface area contributed by atoms with E-state index in [1.807, 2.05) is 0 Å². The van der Waals surface area contributed by atoms with E-state index in [0.717, 1.165) is 13.1 Å². The summed E-state index contributed by atoms with van der Waals surface area (Å²) in [6.07, 6.45) is 4.71. The number of piperidine rings is 1. The van der Waals surface area contributed by atoms with Gasteiger partial charge >= 0.3 is 5.97 Å². The van der Waals surface area contributed by atoms with Crippen molar-refractivity contribution in [3.63, 3.8) is 0 Å². The zero-order valence-corrected chi connectivity index (χ0v) is 12.1. The Bertz CT molecular complexity index is 444. The van der Waals surface area contributed by atoms with Crippen molar-refractivity contribution in [2.75, 3.05) is 26.7 Å². The molecule has 0 saturated carbocycles. The molecule has 20 heavy (non-hydrogen) atoms. The van der Waals surface area contributed by atoms with Crippen molar-refractivity contribution in [1.82, 2.24) is 20.4 Å². The minimum absolute atomic E-state index is 0. The number of rotatable bonds is 4. The van der Waals surface area contributed by atoms with Crippen molar-refractivity contribution in [3.05, 3.63) is 18.5 Å². The number of hydrogen-bond acceptors (Lipinski definition) is 5. The zero-order chi connectivity index (χ0) is 13.7. The number of aromatic nitrogens is 2. The SMILES string of the molecule is COC(=O)CNC(=O)C1(n2cccn2)CCNCC1.Cl. The molecule has 1 amide bonds. The predicted octanol–water partition coefficient (Wildman–Crippen LogP) is -0.327. The maximum Gasteiger partial charge on any atom is 0.325 e. The van der Waals surface area contributed by atoms with Gasteiger partial charge in [-0.2, -0.15) is 5.10 Å². The summed E-state index contributed by atoms with van der Waals surface area (Å²) in [7, 11) is 1.29. The van der Waals surface area contributed by atoms with E-state index in [-0.39, 0.29) is 24.9 Å². The second-order valence-corrected chi connectivity index (χ2v) is 4.49. The number of esters is 1. The highest BCUT2D eigenvalue weighted by atomic mass is 35.5. The van der Waals surface area contributed by atoms with Gasteiger partial charge in [-0.3, -0.25) is 14.3 Å². The number of ether oxygens (including phenoxy) is 1. The van der Waals surface area contributed by atoms with Crippen LogP contribution in [0.4, 0.5) is 0 Å². The number of nitrogens with zero attached hydrogens (tertiary/aromatic N) is 2. The average Bonchev–Trinajstić information content (AvgIpc) is 2.99. The molecule has 2 heterocycles. The molecule has 8 heteroatoms. The van der Waals surface area contributed by atoms with Crippen LogP contribution in [0.25, 0.3) is 0 Å². The van der Waals surface area contributed by atoms with E-state index in [0.29, 0.717) is 12.8 Å². The summed E-state index contributed by atoms with van der Waals surface area (Å²) in [5.41, 5.74) is -0.719. The summed E-state index contributed by atoms with van der Waals surface area (Å²) in [6.45, 7) is 1.36. The molecule has 0 atom stereocenters. The van der Waals surface area contributed by atoms with Crippen molar-refractivity contribution < 1.29 is 14.3 Å². The molecule has 0 bridgehead atoms. The zero-order valence-electron chi connectivity index (χ0n) is 11.3. The molecular formula is C12H19ClN4O3. The second kappa shape index (κ2) is 7.25. The van der Waals surface area contributed by atoms with Crippen LogP contribution < -0.4 is 10.6 Å². The van der Waals surface area contributed by atoms with Crippen LogP contribution >= 0.6 is 12.4 Å². The first kappa shape index (κ1) is 16.5. The second-order valence-electron chi connectivity index (χ2n) is 4.49. The Morgan fingerprint density at radius 3 is 2.70 bits per heavy atom. The highest BCUT2D eigenvalue weighted by Crippen LogP contribution is 2.26. The third-order valence-corrected chi connectivity index (χ3v) is 3.42. The van der Waals surface area contributed by atoms with Crippen molar-refractivity contribution in [3.8, 4) is 0 Å². The van der Waals surface area contributed by atoms with Crippen LogP contribution in [-0.2, 0) is 19.9 Å². The topological polar surface area (TPSA) is 85.2 Å². The average molecular weight is 303 g/mol. The molecule has 1 aliphatic heterocycles. The van der Waals surface area contributed by atoms with Gasteiger partial charge in [-0.05, 0) is 32.0 Å². The van der Waals surface area contributed by atoms with E-state index in [4.69, 9.17) is 0 Å². The number of halogens is 1. The number of amides is 1. The highest BCUT2D eigenvalue weighted by Gasteiger charge is 2.41. The molecule has 2 N–H and O–H groups in total. The number of methoxy groups -OCH3 is 1. The lowest BCUT2D eigenvalue weighted by Crippen LogP contribution is -2.55. The molecule has 0 aromatic carbocycles. The monoisotopic (exact) mass is 302 g/mol. The Labute approximate surface area is 123 Å². The molecular weight excluding hydrogens is 284 g/mol. The van der Waals surface area contributed by atoms with E-state index in [9.17, 15) is 9.59 Å². The molecule has 1 aromatic heterocycles. The van der Waals surface area contributed by atoms with Gasteiger partial charge in [0.1, 0.15) is 12.1 Å². The first-order valence-corrected chi connectivity index (χ1v) is 6.25. The smallest absolute Gasteiger partial charge is 0.325 e. The fourth-order valence-electron chi connectivity index (χ4n) is 2.31. The molecule has 1 fully saturated rings. The molecule has 0 unspecified atom stereocenters. The maximum absolute atomic E-state index is 12.4. The van der Waals surface area contributed by atoms with Crippen LogP contribution in [0.15, 0.2) is 18.5 Å². The fourth-order valence-corrected chi connectivity index (χ4v) is 2.31. The normalized spacial score (nSPS) is 16.9. The van der Waals surface area contributed by atoms with Crippen LogP contribution in [0.3, 0.4) is 0 Å². The van der Waals surface area contributed by atoms with Crippen LogP contribution in [-0.4, -0.2) is 48.4 Å². The van der Waals surface area contributed by atoms with Gasteiger partial charge in [-0.15, -0.1) is 12.4 Å². The summed E-state index contributed by atoms with van der Waals surface area (Å²) >= 11 is 0. The first-order valence-electron chi connectivity index (χ1n) is 6.25. The number of carbonyl (C=O) groups excluding carboxylic acids is 2. The molecule has 2 rings (SSSR count). The lowest BCUT2D eigenvalue weighted by molar-refractivity contribution is -0.143. The Morgan fingerprint density at radius 1 is 1.45 bits per heavy atom. The van der Waals surface area contributed by atoms with Gasteiger partial charge in [0.25, 0.3) is 0 Å². The maximum atomic E-state index is 12.4. The third-order valence-electron chi connectivity index (χ3n) is 3.42. The fraction of sp³-hybridized carbons (Fsp3) is 0.583. The van der Waals surface area contributed by atoms with Gasteiger partial charge < -0.3 is 15.4 Å². The van der Waals surface area contributed by atoms with E-state index in [1.54, 1.807) is 23.1 Å². The van der Waals surface area contributed by atoms with Gasteiger partial charge in [-0.1, -0.05) is 0 Å². The molecule has 0 radical (unpaired) electrons. The molecule has 0 aliphatic carbocycles. The first-order chi connectivity index (χ1) is 9.19. The summed E-state index contributed by atoms with van der Waals surface area (Å²) in [5, 5.41) is 10.0. The lowest BCUT2D eigenvalue weighted by Gasteiger charge is -2.36. The van der Waals surface area contributed by atoms with Crippen molar-refractivity contribution in [2.24, 2.45) is 0 Å². The predicted molar refractivity (Wildman–Crippen MR) is 74.6 cm³/mol. The van der Waals surface area contributed by atoms with Crippen LogP contribution in [0.1, 0.15) is 12.8 Å². The van der Waals surface area contributed by atoms with Crippen LogP contribution in [0, 0.1) is 0 Å². The summed E-state index contributed by atoms with van der Waals surface area (Å²) in [4.78, 5) is 23.5. The summed E-state index contributed by atoms with van der Waals surface area (Å²) < 4.78 is 6.20. The van der Waals surface area contributed by atoms with Gasteiger partial charge in [0.15, 0.2) is 0 Å². The van der Waals surface area contributed by atoms with E-state index < -0.39 is 11.5 Å². The molecule has 112 valence electrons. The minimum Gasteiger partial charge on any atom is -0.468 e. The summed E-state index contributed by atoms with van der Waals surface area (Å²) in [6, 6.07) is 1.79. The third kappa shape index (κ3) is 3.29. The molecule has 1 aromatic rings. The van der Waals surface area contributed by atoms with Gasteiger partial charge in [-0.25, -0.2) is 0 Å². The largest absolute Gasteiger partial charge is 0.468 e. The number of hydrogen-bond donors (Lipinski definition) is 2. The van der Waals surface area contributed by atoms with E-state index in [2.05, 4.69) is 20.5 Å². The quantitative estimate of drug-likeness (QED) is 0.744. The molecule has 1 saturated heterocycles. The van der Waals surface area contributed by atoms with E-state index in [1.165, 1.54) is 7.11 Å². The van der Waals surface area contributed by atoms with Gasteiger partial charge in [0.05, 0.1) is 7.11 Å². The van der Waals surface area contributed by atoms with Gasteiger partial charge in [0, 0.05) is 12.4 Å². The van der Waals surface area contributed by atoms with Crippen LogP contribution in [0.5, 0.6) is 0 Å². The minimum atomic E-state index is -0.719. The Balaban J connectivity index is 0.00000200. The molecule has 1 aliphatic rings. The Hall–Kier alpha value is -1.60. The van der Waals surface area contributed by atoms with Crippen molar-refractivity contribution in [1.29, 1.82) is 0 Å².